The molecule has 4 rings (SSSR count). The number of nitriles is 1. The van der Waals surface area contributed by atoms with Gasteiger partial charge in [0.05, 0.1) is 23.5 Å². The number of carbonyl (C=O) groups is 1. The average Bonchev–Trinajstić information content (AvgIpc) is 3.14. The van der Waals surface area contributed by atoms with E-state index in [1.165, 1.54) is 23.5 Å². The van der Waals surface area contributed by atoms with Crippen LogP contribution in [0.25, 0.3) is 0 Å². The zero-order valence-corrected chi connectivity index (χ0v) is 22.3. The maximum Gasteiger partial charge on any atom is 0.229 e. The highest BCUT2D eigenvalue weighted by molar-refractivity contribution is 8.01. The first-order valence-corrected chi connectivity index (χ1v) is 15.2. The summed E-state index contributed by atoms with van der Waals surface area (Å²) < 4.78 is 31.8. The molecule has 0 radical (unpaired) electrons. The molecule has 0 saturated heterocycles. The van der Waals surface area contributed by atoms with Crippen LogP contribution < -0.4 is 10.1 Å². The number of hydrogen-bond acceptors (Lipinski definition) is 6. The Kier molecular flexibility index (Phi) is 7.88. The van der Waals surface area contributed by atoms with Crippen molar-refractivity contribution in [3.8, 4) is 11.8 Å². The van der Waals surface area contributed by atoms with E-state index in [-0.39, 0.29) is 18.1 Å². The highest BCUT2D eigenvalue weighted by Gasteiger charge is 2.26. The highest BCUT2D eigenvalue weighted by atomic mass is 32.2. The minimum atomic E-state index is -2.52. The van der Waals surface area contributed by atoms with Gasteiger partial charge in [0.2, 0.25) is 5.91 Å². The molecule has 0 saturated carbocycles. The van der Waals surface area contributed by atoms with Crippen LogP contribution in [-0.4, -0.2) is 40.7 Å². The van der Waals surface area contributed by atoms with Crippen molar-refractivity contribution in [2.24, 2.45) is 0 Å². The Balaban J connectivity index is 1.48. The molecule has 1 amide bonds. The number of fused-ring (bicyclic) bond motifs is 1. The van der Waals surface area contributed by atoms with Gasteiger partial charge in [0.15, 0.2) is 0 Å². The van der Waals surface area contributed by atoms with E-state index >= 15 is 0 Å². The van der Waals surface area contributed by atoms with Gasteiger partial charge in [-0.3, -0.25) is 13.9 Å². The molecule has 0 spiro atoms. The summed E-state index contributed by atoms with van der Waals surface area (Å²) in [7, 11) is -2.52. The lowest BCUT2D eigenvalue weighted by Gasteiger charge is -2.27. The van der Waals surface area contributed by atoms with Crippen molar-refractivity contribution in [1.29, 1.82) is 5.26 Å². The third-order valence-electron chi connectivity index (χ3n) is 6.06. The standard InChI is InChI=1S/C27H30FN3O3S2/c1-4-34-23-13-18(8-9-25(23)36(2,3)33)14-26(32)30-27-21(15-29)22-17-31(11-10-24(22)35-27)16-19-6-5-7-20(28)12-19/h5-9,12-13,36H,4,10-11,14,16-17H2,1-3H3,(H,30,32). The van der Waals surface area contributed by atoms with Gasteiger partial charge in [0.1, 0.15) is 22.6 Å². The second kappa shape index (κ2) is 10.9. The van der Waals surface area contributed by atoms with Crippen LogP contribution in [0.5, 0.6) is 5.75 Å². The Labute approximate surface area is 216 Å². The quantitative estimate of drug-likeness (QED) is 0.421. The summed E-state index contributed by atoms with van der Waals surface area (Å²) in [5, 5.41) is 13.4. The van der Waals surface area contributed by atoms with E-state index in [0.717, 1.165) is 34.5 Å². The van der Waals surface area contributed by atoms with Crippen LogP contribution in [0.4, 0.5) is 9.39 Å². The number of carbonyl (C=O) groups excluding carboxylic acids is 1. The Morgan fingerprint density at radius 3 is 2.75 bits per heavy atom. The van der Waals surface area contributed by atoms with Crippen molar-refractivity contribution in [2.45, 2.75) is 37.8 Å². The maximum absolute atomic E-state index is 13.6. The molecule has 0 unspecified atom stereocenters. The third kappa shape index (κ3) is 6.01. The smallest absolute Gasteiger partial charge is 0.229 e. The summed E-state index contributed by atoms with van der Waals surface area (Å²) in [4.78, 5) is 16.8. The van der Waals surface area contributed by atoms with Crippen LogP contribution in [-0.2, 0) is 40.7 Å². The van der Waals surface area contributed by atoms with Crippen molar-refractivity contribution in [3.05, 3.63) is 75.4 Å². The summed E-state index contributed by atoms with van der Waals surface area (Å²) in [6, 6.07) is 14.2. The summed E-state index contributed by atoms with van der Waals surface area (Å²) in [5.41, 5.74) is 3.07. The lowest BCUT2D eigenvalue weighted by atomic mass is 10.0. The lowest BCUT2D eigenvalue weighted by Crippen LogP contribution is -2.29. The maximum atomic E-state index is 13.6. The van der Waals surface area contributed by atoms with Gasteiger partial charge in [-0.05, 0) is 61.2 Å². The molecule has 36 heavy (non-hydrogen) atoms. The fraction of sp³-hybridized carbons (Fsp3) is 0.333. The molecule has 1 aromatic heterocycles. The number of hydrogen-bond donors (Lipinski definition) is 2. The summed E-state index contributed by atoms with van der Waals surface area (Å²) in [5.74, 6) is 0.0526. The van der Waals surface area contributed by atoms with Crippen LogP contribution in [0.3, 0.4) is 0 Å². The number of amides is 1. The number of benzene rings is 2. The monoisotopic (exact) mass is 527 g/mol. The van der Waals surface area contributed by atoms with Gasteiger partial charge in [-0.25, -0.2) is 4.39 Å². The SMILES string of the molecule is CCOc1cc(CC(=O)Nc2sc3c(c2C#N)CN(Cc2cccc(F)c2)CC3)ccc1[SH](C)(C)=O. The van der Waals surface area contributed by atoms with E-state index in [9.17, 15) is 18.7 Å². The number of halogens is 1. The number of rotatable bonds is 8. The van der Waals surface area contributed by atoms with E-state index in [0.29, 0.717) is 40.9 Å². The first kappa shape index (κ1) is 26.0. The molecule has 0 bridgehead atoms. The Morgan fingerprint density at radius 1 is 1.25 bits per heavy atom. The number of anilines is 1. The van der Waals surface area contributed by atoms with Gasteiger partial charge in [-0.1, -0.05) is 28.1 Å². The first-order valence-electron chi connectivity index (χ1n) is 11.8. The molecular weight excluding hydrogens is 497 g/mol. The molecule has 9 heteroatoms. The van der Waals surface area contributed by atoms with E-state index in [1.54, 1.807) is 36.8 Å². The predicted octanol–water partition coefficient (Wildman–Crippen LogP) is 4.53. The van der Waals surface area contributed by atoms with Crippen molar-refractivity contribution in [2.75, 3.05) is 31.0 Å². The van der Waals surface area contributed by atoms with Gasteiger partial charge >= 0.3 is 0 Å². The van der Waals surface area contributed by atoms with Crippen LogP contribution in [0.15, 0.2) is 47.4 Å². The molecule has 0 atom stereocenters. The molecule has 0 aliphatic carbocycles. The highest BCUT2D eigenvalue weighted by Crippen LogP contribution is 2.37. The van der Waals surface area contributed by atoms with Crippen LogP contribution in [0.2, 0.25) is 0 Å². The lowest BCUT2D eigenvalue weighted by molar-refractivity contribution is -0.115. The molecule has 3 aromatic rings. The van der Waals surface area contributed by atoms with Crippen LogP contribution in [0.1, 0.15) is 34.1 Å². The fourth-order valence-corrected chi connectivity index (χ4v) is 6.68. The molecular formula is C27H30FN3O3S2. The summed E-state index contributed by atoms with van der Waals surface area (Å²) in [6.07, 6.45) is 4.27. The molecule has 1 aliphatic heterocycles. The molecule has 190 valence electrons. The van der Waals surface area contributed by atoms with Gasteiger partial charge in [0, 0.05) is 30.1 Å². The molecule has 6 nitrogen and oxygen atoms in total. The number of nitrogens with zero attached hydrogens (tertiary/aromatic N) is 2. The summed E-state index contributed by atoms with van der Waals surface area (Å²) >= 11 is 1.45. The number of ether oxygens (including phenoxy) is 1. The largest absolute Gasteiger partial charge is 0.493 e. The van der Waals surface area contributed by atoms with Gasteiger partial charge in [-0.2, -0.15) is 5.26 Å². The Morgan fingerprint density at radius 2 is 2.06 bits per heavy atom. The topological polar surface area (TPSA) is 82.4 Å². The van der Waals surface area contributed by atoms with Crippen LogP contribution in [0, 0.1) is 17.1 Å². The third-order valence-corrected chi connectivity index (χ3v) is 8.79. The minimum absolute atomic E-state index is 0.108. The van der Waals surface area contributed by atoms with Gasteiger partial charge in [-0.15, -0.1) is 11.3 Å². The minimum Gasteiger partial charge on any atom is -0.493 e. The zero-order chi connectivity index (χ0) is 25.9. The van der Waals surface area contributed by atoms with Crippen molar-refractivity contribution in [1.82, 2.24) is 4.90 Å². The van der Waals surface area contributed by atoms with E-state index in [2.05, 4.69) is 16.3 Å². The Hall–Kier alpha value is -3.06. The van der Waals surface area contributed by atoms with E-state index in [4.69, 9.17) is 4.74 Å². The molecule has 1 N–H and O–H groups in total. The average molecular weight is 528 g/mol. The number of nitrogens with one attached hydrogen (secondary N) is 1. The molecule has 2 aromatic carbocycles. The summed E-state index contributed by atoms with van der Waals surface area (Å²) in [6.45, 7) is 4.27. The number of thiophene rings is 1. The zero-order valence-electron chi connectivity index (χ0n) is 20.6. The normalized spacial score (nSPS) is 14.1. The van der Waals surface area contributed by atoms with Crippen molar-refractivity contribution >= 4 is 32.2 Å². The molecule has 0 fully saturated rings. The van der Waals surface area contributed by atoms with E-state index in [1.807, 2.05) is 13.0 Å². The van der Waals surface area contributed by atoms with Crippen LogP contribution >= 0.6 is 11.3 Å². The molecule has 2 heterocycles. The second-order valence-corrected chi connectivity index (χ2v) is 13.5. The van der Waals surface area contributed by atoms with Crippen molar-refractivity contribution in [3.63, 3.8) is 0 Å². The number of thiol groups is 1. The van der Waals surface area contributed by atoms with E-state index < -0.39 is 9.93 Å². The van der Waals surface area contributed by atoms with Gasteiger partial charge in [0.25, 0.3) is 0 Å². The van der Waals surface area contributed by atoms with Gasteiger partial charge < -0.3 is 10.1 Å². The molecule has 1 aliphatic rings. The first-order chi connectivity index (χ1) is 17.2. The predicted molar refractivity (Wildman–Crippen MR) is 143 cm³/mol. The Bertz CT molecular complexity index is 1370. The second-order valence-electron chi connectivity index (χ2n) is 9.22. The van der Waals surface area contributed by atoms with Crippen molar-refractivity contribution < 1.29 is 18.1 Å². The fourth-order valence-electron chi connectivity index (χ4n) is 4.42.